The zero-order valence-corrected chi connectivity index (χ0v) is 65.1. The van der Waals surface area contributed by atoms with Crippen LogP contribution in [-0.4, -0.2) is 132 Å². The summed E-state index contributed by atoms with van der Waals surface area (Å²) in [5.41, 5.74) is 28.7. The van der Waals surface area contributed by atoms with Crippen molar-refractivity contribution in [2.45, 2.75) is 192 Å². The van der Waals surface area contributed by atoms with Gasteiger partial charge in [0, 0.05) is 190 Å². The second-order valence-corrected chi connectivity index (χ2v) is 30.5. The van der Waals surface area contributed by atoms with Crippen molar-refractivity contribution < 1.29 is 43.1 Å². The highest BCUT2D eigenvalue weighted by molar-refractivity contribution is 5.97. The summed E-state index contributed by atoms with van der Waals surface area (Å²) in [7, 11) is 1.75. The number of esters is 1. The predicted molar refractivity (Wildman–Crippen MR) is 433 cm³/mol. The number of aliphatic hydroxyl groups is 1. The molecule has 0 spiro atoms. The van der Waals surface area contributed by atoms with Gasteiger partial charge in [0.15, 0.2) is 5.69 Å². The van der Waals surface area contributed by atoms with E-state index in [4.69, 9.17) is 43.4 Å². The Morgan fingerprint density at radius 3 is 1.32 bits per heavy atom. The van der Waals surface area contributed by atoms with E-state index in [1.807, 2.05) is 74.1 Å². The van der Waals surface area contributed by atoms with Crippen molar-refractivity contribution in [3.63, 3.8) is 0 Å². The number of aliphatic hydroxyl groups excluding tert-OH is 1. The van der Waals surface area contributed by atoms with E-state index in [1.165, 1.54) is 69.5 Å². The number of carbonyl (C=O) groups is 1. The van der Waals surface area contributed by atoms with Crippen LogP contribution in [0, 0.1) is 0 Å². The Balaban J connectivity index is 0.0000000991. The molecule has 0 radical (unpaired) electrons. The van der Waals surface area contributed by atoms with Gasteiger partial charge in [0.2, 0.25) is 0 Å². The van der Waals surface area contributed by atoms with E-state index in [1.54, 1.807) is 24.9 Å². The maximum absolute atomic E-state index is 12.5. The van der Waals surface area contributed by atoms with E-state index in [-0.39, 0.29) is 37.2 Å². The number of hydrogen-bond donors (Lipinski definition) is 1. The number of nitrogens with zero attached hydrogens (tertiary/aromatic N) is 15. The first-order chi connectivity index (χ1) is 56.2. The standard InChI is InChI=1S/C19H21N3O3.C18H19N3O2.C18H21N3O.C18H19N3O.C17H17N3O2/c1-2-24-19(23)18-15(12-22(21-18)17-8-3-4-11-25-17)13-9-10-20-16-7-5-6-14(13)16;1-22-18-12-5-6-14-16(12)11(7-8-19-14)13-10-21(20-17(13)18)15-4-2-3-9-23-15;2*1-2-16-15(12-21(20-16)18-8-3-4-11-22-18)13-9-10-19-17-7-5-6-14(13)17;21-17-11-4-5-13-15(11)10(6-7-18-13)12-9-20(19-16(12)17)14-3-1-2-8-22-14/h5-6,9-10,12,17H,2-4,7-8,11H2,1H3;5,7-8,10,15,18H,2-4,6,9H2,1H3;5-6,9-10,12,18H,2-4,7-8,11H2,1H3;2,5-6,9-10,12,18H,1,3-4,7-8,11H2;4,6-7,9,14,17,21H,1-3,5,8H2. The largest absolute Gasteiger partial charge is 0.461 e. The van der Waals surface area contributed by atoms with Gasteiger partial charge in [-0.05, 0) is 185 Å². The minimum absolute atomic E-state index is 0.00771. The molecule has 5 fully saturated rings. The number of hydrogen-bond acceptors (Lipinski definition) is 19. The van der Waals surface area contributed by atoms with Crippen LogP contribution in [0.5, 0.6) is 0 Å². The molecule has 10 aromatic heterocycles. The van der Waals surface area contributed by atoms with Crippen LogP contribution in [-0.2, 0) is 71.7 Å². The summed E-state index contributed by atoms with van der Waals surface area (Å²) in [5.74, 6) is -0.403. The lowest BCUT2D eigenvalue weighted by Gasteiger charge is -2.24. The van der Waals surface area contributed by atoms with Gasteiger partial charge in [-0.2, -0.15) is 25.5 Å². The van der Waals surface area contributed by atoms with Crippen LogP contribution in [0.4, 0.5) is 0 Å². The molecule has 24 heteroatoms. The summed E-state index contributed by atoms with van der Waals surface area (Å²) in [6.07, 6.45) is 59.6. The summed E-state index contributed by atoms with van der Waals surface area (Å²) in [6.45, 7) is 12.2. The quantitative estimate of drug-likeness (QED) is 0.105. The first-order valence-electron chi connectivity index (χ1n) is 41.0. The Morgan fingerprint density at radius 1 is 0.456 bits per heavy atom. The topological polar surface area (TPSA) is 255 Å². The third-order valence-electron chi connectivity index (χ3n) is 23.5. The Kier molecular flexibility index (Phi) is 22.0. The molecule has 7 unspecified atom stereocenters. The fourth-order valence-corrected chi connectivity index (χ4v) is 17.9. The molecule has 5 saturated heterocycles. The molecule has 0 bridgehead atoms. The highest BCUT2D eigenvalue weighted by atomic mass is 16.5. The second kappa shape index (κ2) is 33.5. The van der Waals surface area contributed by atoms with Crippen LogP contribution in [0.1, 0.15) is 243 Å². The smallest absolute Gasteiger partial charge is 0.359 e. The monoisotopic (exact) mass is 1530 g/mol. The van der Waals surface area contributed by atoms with Gasteiger partial charge in [-0.25, -0.2) is 28.2 Å². The summed E-state index contributed by atoms with van der Waals surface area (Å²) < 4.78 is 49.9. The first kappa shape index (κ1) is 74.8. The van der Waals surface area contributed by atoms with Crippen LogP contribution >= 0.6 is 0 Å². The predicted octanol–water partition coefficient (Wildman–Crippen LogP) is 16.9. The number of methoxy groups -OCH3 is 1. The Hall–Kier alpha value is -10.6. The van der Waals surface area contributed by atoms with Gasteiger partial charge in [0.1, 0.15) is 54.7 Å². The Morgan fingerprint density at radius 2 is 0.851 bits per heavy atom. The number of ether oxygens (including phenoxy) is 7. The summed E-state index contributed by atoms with van der Waals surface area (Å²) in [4.78, 5) is 34.8. The molecule has 24 nitrogen and oxygen atoms in total. The van der Waals surface area contributed by atoms with E-state index in [2.05, 4.69) is 139 Å². The minimum atomic E-state index is -0.655. The van der Waals surface area contributed by atoms with Crippen molar-refractivity contribution >= 4 is 41.4 Å². The fourth-order valence-electron chi connectivity index (χ4n) is 17.9. The van der Waals surface area contributed by atoms with Crippen molar-refractivity contribution in [3.05, 3.63) is 214 Å². The van der Waals surface area contributed by atoms with E-state index in [0.29, 0.717) is 12.3 Å². The average Bonchev–Trinajstić information content (AvgIpc) is 1.57. The molecule has 12 aliphatic rings. The van der Waals surface area contributed by atoms with E-state index in [0.717, 1.165) is 244 Å². The van der Waals surface area contributed by atoms with Gasteiger partial charge >= 0.3 is 5.97 Å². The molecule has 0 saturated carbocycles. The summed E-state index contributed by atoms with van der Waals surface area (Å²) in [5, 5.41) is 34.2. The lowest BCUT2D eigenvalue weighted by molar-refractivity contribution is -0.0400. The van der Waals surface area contributed by atoms with Crippen molar-refractivity contribution in [1.82, 2.24) is 73.8 Å². The van der Waals surface area contributed by atoms with Gasteiger partial charge in [0.25, 0.3) is 0 Å². The lowest BCUT2D eigenvalue weighted by Crippen LogP contribution is -2.19. The number of carbonyl (C=O) groups excluding carboxylic acids is 1. The zero-order chi connectivity index (χ0) is 77.2. The molecule has 1 N–H and O–H groups in total. The van der Waals surface area contributed by atoms with Gasteiger partial charge in [0.05, 0.1) is 46.5 Å². The third-order valence-corrected chi connectivity index (χ3v) is 23.5. The normalized spacial score (nSPS) is 21.9. The van der Waals surface area contributed by atoms with Crippen molar-refractivity contribution in [2.75, 3.05) is 46.8 Å². The van der Waals surface area contributed by atoms with Gasteiger partial charge in [-0.3, -0.25) is 24.9 Å². The molecule has 7 aliphatic carbocycles. The van der Waals surface area contributed by atoms with Crippen LogP contribution in [0.2, 0.25) is 0 Å². The maximum Gasteiger partial charge on any atom is 0.359 e. The molecule has 22 rings (SSSR count). The first-order valence-corrected chi connectivity index (χ1v) is 41.0. The second-order valence-electron chi connectivity index (χ2n) is 30.5. The van der Waals surface area contributed by atoms with Crippen molar-refractivity contribution in [3.8, 4) is 55.6 Å². The van der Waals surface area contributed by atoms with Crippen LogP contribution < -0.4 is 0 Å². The van der Waals surface area contributed by atoms with Gasteiger partial charge in [-0.15, -0.1) is 0 Å². The van der Waals surface area contributed by atoms with Crippen LogP contribution in [0.3, 0.4) is 0 Å². The van der Waals surface area contributed by atoms with E-state index in [9.17, 15) is 9.90 Å². The number of fused-ring (bicyclic) bond motifs is 7. The Bertz CT molecular complexity index is 5380. The highest BCUT2D eigenvalue weighted by Gasteiger charge is 2.39. The molecule has 7 atom stereocenters. The summed E-state index contributed by atoms with van der Waals surface area (Å²) in [6, 6.07) is 10.2. The van der Waals surface area contributed by atoms with Crippen molar-refractivity contribution in [1.29, 1.82) is 0 Å². The summed E-state index contributed by atoms with van der Waals surface area (Å²) >= 11 is 0. The molecule has 5 aliphatic heterocycles. The lowest BCUT2D eigenvalue weighted by atomic mass is 9.86. The average molecular weight is 1530 g/mol. The molecular formula is C90H97N15O9. The van der Waals surface area contributed by atoms with Gasteiger partial charge < -0.3 is 38.3 Å². The SMILES string of the molecule is C=Cc1nn(C2CCCCO2)cc1-c1ccnc2c1C=CC2.CCOC(=O)c1nn(C2CCCCO2)cc1-c1ccnc2c1C=CC2.CCc1nn(C2CCCCO2)cc1-c1ccnc2c1C=CC2.COC1C2=CCc3nccc(c32)-c2cn(C3CCCCO3)nc21.OC1C2=CCc3nccc(c32)-c2cn(C3CCCCO3)nc21. The molecule has 586 valence electrons. The van der Waals surface area contributed by atoms with Gasteiger partial charge in [-0.1, -0.05) is 62.1 Å². The number of allylic oxidation sites excluding steroid dienone is 5. The zero-order valence-electron chi connectivity index (χ0n) is 65.1. The molecule has 0 aromatic carbocycles. The Labute approximate surface area is 663 Å². The fraction of sp³-hybridized carbons (Fsp3) is 0.411. The minimum Gasteiger partial charge on any atom is -0.461 e. The number of aryl methyl sites for hydroxylation is 1. The molecule has 15 heterocycles. The number of aromatic nitrogens is 15. The maximum atomic E-state index is 12.5. The molecule has 114 heavy (non-hydrogen) atoms. The number of pyridine rings is 5. The number of rotatable bonds is 13. The van der Waals surface area contributed by atoms with Crippen LogP contribution in [0.15, 0.2) is 129 Å². The highest BCUT2D eigenvalue weighted by Crippen LogP contribution is 2.52. The molecular weight excluding hydrogens is 1440 g/mol. The van der Waals surface area contributed by atoms with Crippen molar-refractivity contribution in [2.24, 2.45) is 0 Å². The molecule has 0 amide bonds. The molecule has 10 aromatic rings. The van der Waals surface area contributed by atoms with E-state index >= 15 is 0 Å². The third kappa shape index (κ3) is 14.6. The van der Waals surface area contributed by atoms with E-state index < -0.39 is 12.1 Å². The van der Waals surface area contributed by atoms with Crippen LogP contribution in [0.25, 0.3) is 91.1 Å².